The summed E-state index contributed by atoms with van der Waals surface area (Å²) in [6.45, 7) is 0.440. The van der Waals surface area contributed by atoms with Crippen molar-refractivity contribution in [1.82, 2.24) is 10.3 Å². The van der Waals surface area contributed by atoms with Gasteiger partial charge in [0.1, 0.15) is 18.4 Å². The lowest BCUT2D eigenvalue weighted by molar-refractivity contribution is -0.142. The predicted molar refractivity (Wildman–Crippen MR) is 126 cm³/mol. The zero-order chi connectivity index (χ0) is 23.0. The molecule has 4 aromatic rings. The van der Waals surface area contributed by atoms with E-state index in [0.29, 0.717) is 23.4 Å². The van der Waals surface area contributed by atoms with Crippen molar-refractivity contribution in [3.05, 3.63) is 108 Å². The van der Waals surface area contributed by atoms with Gasteiger partial charge in [0.05, 0.1) is 18.2 Å². The minimum absolute atomic E-state index is 0.263. The van der Waals surface area contributed by atoms with Crippen molar-refractivity contribution in [2.75, 3.05) is 7.11 Å². The molecule has 0 fully saturated rings. The van der Waals surface area contributed by atoms with E-state index in [1.54, 1.807) is 18.3 Å². The second-order valence-corrected chi connectivity index (χ2v) is 7.56. The fourth-order valence-corrected chi connectivity index (χ4v) is 3.60. The average Bonchev–Trinajstić information content (AvgIpc) is 2.87. The van der Waals surface area contributed by atoms with Crippen molar-refractivity contribution in [2.45, 2.75) is 19.1 Å². The highest BCUT2D eigenvalue weighted by Crippen LogP contribution is 2.19. The molecule has 0 aliphatic carbocycles. The van der Waals surface area contributed by atoms with Crippen LogP contribution in [0.3, 0.4) is 0 Å². The SMILES string of the molecule is COC(=O)[C@H](Cc1cccc(OCc2ccccc2)c1)NC(=O)c1cccc2cccnc12. The number of rotatable bonds is 8. The zero-order valence-electron chi connectivity index (χ0n) is 18.2. The van der Waals surface area contributed by atoms with Crippen LogP contribution in [-0.4, -0.2) is 30.0 Å². The van der Waals surface area contributed by atoms with Gasteiger partial charge in [0.15, 0.2) is 0 Å². The molecule has 166 valence electrons. The van der Waals surface area contributed by atoms with Crippen molar-refractivity contribution in [2.24, 2.45) is 0 Å². The third-order valence-corrected chi connectivity index (χ3v) is 5.25. The van der Waals surface area contributed by atoms with Gasteiger partial charge < -0.3 is 14.8 Å². The van der Waals surface area contributed by atoms with Gasteiger partial charge in [0.25, 0.3) is 5.91 Å². The van der Waals surface area contributed by atoms with Crippen LogP contribution in [0.2, 0.25) is 0 Å². The highest BCUT2D eigenvalue weighted by molar-refractivity contribution is 6.06. The van der Waals surface area contributed by atoms with Crippen molar-refractivity contribution in [3.63, 3.8) is 0 Å². The van der Waals surface area contributed by atoms with Gasteiger partial charge in [0, 0.05) is 18.0 Å². The third-order valence-electron chi connectivity index (χ3n) is 5.25. The van der Waals surface area contributed by atoms with Gasteiger partial charge in [-0.05, 0) is 35.4 Å². The Labute approximate surface area is 192 Å². The number of hydrogen-bond donors (Lipinski definition) is 1. The van der Waals surface area contributed by atoms with Gasteiger partial charge in [-0.15, -0.1) is 0 Å². The molecular formula is C27H24N2O4. The number of esters is 1. The Morgan fingerprint density at radius 1 is 0.909 bits per heavy atom. The molecule has 0 spiro atoms. The number of pyridine rings is 1. The molecule has 3 aromatic carbocycles. The highest BCUT2D eigenvalue weighted by Gasteiger charge is 2.24. The number of ether oxygens (including phenoxy) is 2. The van der Waals surface area contributed by atoms with Crippen LogP contribution in [0.1, 0.15) is 21.5 Å². The molecule has 0 aliphatic rings. The molecular weight excluding hydrogens is 416 g/mol. The Bertz CT molecular complexity index is 1250. The van der Waals surface area contributed by atoms with Crippen LogP contribution in [0, 0.1) is 0 Å². The summed E-state index contributed by atoms with van der Waals surface area (Å²) < 4.78 is 10.8. The van der Waals surface area contributed by atoms with E-state index in [2.05, 4.69) is 10.3 Å². The topological polar surface area (TPSA) is 77.5 Å². The second-order valence-electron chi connectivity index (χ2n) is 7.56. The summed E-state index contributed by atoms with van der Waals surface area (Å²) >= 11 is 0. The first kappa shape index (κ1) is 22.0. The van der Waals surface area contributed by atoms with Gasteiger partial charge in [0.2, 0.25) is 0 Å². The van der Waals surface area contributed by atoms with E-state index in [4.69, 9.17) is 9.47 Å². The van der Waals surface area contributed by atoms with Crippen LogP contribution in [0.25, 0.3) is 10.9 Å². The van der Waals surface area contributed by atoms with Crippen molar-refractivity contribution in [1.29, 1.82) is 0 Å². The fourth-order valence-electron chi connectivity index (χ4n) is 3.60. The average molecular weight is 440 g/mol. The van der Waals surface area contributed by atoms with Gasteiger partial charge in [-0.1, -0.05) is 60.7 Å². The molecule has 0 bridgehead atoms. The molecule has 6 heteroatoms. The molecule has 0 saturated carbocycles. The number of benzene rings is 3. The van der Waals surface area contributed by atoms with E-state index in [-0.39, 0.29) is 12.3 Å². The van der Waals surface area contributed by atoms with Crippen LogP contribution in [0.5, 0.6) is 5.75 Å². The summed E-state index contributed by atoms with van der Waals surface area (Å²) in [6.07, 6.45) is 1.90. The maximum Gasteiger partial charge on any atom is 0.328 e. The molecule has 1 N–H and O–H groups in total. The molecule has 1 amide bonds. The number of para-hydroxylation sites is 1. The summed E-state index contributed by atoms with van der Waals surface area (Å²) in [7, 11) is 1.31. The van der Waals surface area contributed by atoms with E-state index >= 15 is 0 Å². The monoisotopic (exact) mass is 440 g/mol. The van der Waals surface area contributed by atoms with Crippen LogP contribution in [0.4, 0.5) is 0 Å². The molecule has 33 heavy (non-hydrogen) atoms. The molecule has 1 atom stereocenters. The maximum atomic E-state index is 13.0. The number of fused-ring (bicyclic) bond motifs is 1. The minimum Gasteiger partial charge on any atom is -0.489 e. The minimum atomic E-state index is -0.856. The van der Waals surface area contributed by atoms with Crippen molar-refractivity contribution < 1.29 is 19.1 Å². The summed E-state index contributed by atoms with van der Waals surface area (Å²) in [5.74, 6) is -0.220. The van der Waals surface area contributed by atoms with Crippen LogP contribution in [-0.2, 0) is 22.6 Å². The molecule has 1 aromatic heterocycles. The Hall–Kier alpha value is -4.19. The standard InChI is InChI=1S/C27H24N2O4/c1-32-27(31)24(29-26(30)23-14-6-11-21-12-7-15-28-25(21)23)17-20-10-5-13-22(16-20)33-18-19-8-3-2-4-9-19/h2-16,24H,17-18H2,1H3,(H,29,30)/t24-/m0/s1. The summed E-state index contributed by atoms with van der Waals surface area (Å²) in [5, 5.41) is 3.66. The van der Waals surface area contributed by atoms with E-state index in [9.17, 15) is 9.59 Å². The molecule has 0 radical (unpaired) electrons. The smallest absolute Gasteiger partial charge is 0.328 e. The molecule has 0 unspecified atom stereocenters. The number of carbonyl (C=O) groups excluding carboxylic acids is 2. The fraction of sp³-hybridized carbons (Fsp3) is 0.148. The number of nitrogens with one attached hydrogen (secondary N) is 1. The molecule has 0 saturated heterocycles. The van der Waals surface area contributed by atoms with Crippen molar-refractivity contribution >= 4 is 22.8 Å². The number of carbonyl (C=O) groups is 2. The van der Waals surface area contributed by atoms with Gasteiger partial charge in [-0.2, -0.15) is 0 Å². The predicted octanol–water partition coefficient (Wildman–Crippen LogP) is 4.33. The van der Waals surface area contributed by atoms with Crippen LogP contribution < -0.4 is 10.1 Å². The Balaban J connectivity index is 1.49. The highest BCUT2D eigenvalue weighted by atomic mass is 16.5. The van der Waals surface area contributed by atoms with Gasteiger partial charge in [-0.25, -0.2) is 4.79 Å². The Morgan fingerprint density at radius 2 is 1.67 bits per heavy atom. The quantitative estimate of drug-likeness (QED) is 0.413. The van der Waals surface area contributed by atoms with Crippen LogP contribution in [0.15, 0.2) is 91.1 Å². The van der Waals surface area contributed by atoms with Crippen molar-refractivity contribution in [3.8, 4) is 5.75 Å². The Kier molecular flexibility index (Phi) is 6.95. The van der Waals surface area contributed by atoms with E-state index in [1.807, 2.05) is 72.8 Å². The number of aromatic nitrogens is 1. The first-order valence-corrected chi connectivity index (χ1v) is 10.6. The maximum absolute atomic E-state index is 13.0. The first-order chi connectivity index (χ1) is 16.1. The molecule has 6 nitrogen and oxygen atoms in total. The summed E-state index contributed by atoms with van der Waals surface area (Å²) in [5.41, 5.74) is 2.89. The molecule has 1 heterocycles. The third kappa shape index (κ3) is 5.54. The van der Waals surface area contributed by atoms with E-state index < -0.39 is 12.0 Å². The largest absolute Gasteiger partial charge is 0.489 e. The molecule has 0 aliphatic heterocycles. The van der Waals surface area contributed by atoms with Crippen LogP contribution >= 0.6 is 0 Å². The lowest BCUT2D eigenvalue weighted by atomic mass is 10.0. The number of methoxy groups -OCH3 is 1. The summed E-state index contributed by atoms with van der Waals surface area (Å²) in [4.78, 5) is 29.8. The Morgan fingerprint density at radius 3 is 2.48 bits per heavy atom. The van der Waals surface area contributed by atoms with E-state index in [1.165, 1.54) is 7.11 Å². The lowest BCUT2D eigenvalue weighted by Crippen LogP contribution is -2.43. The second kappa shape index (κ2) is 10.4. The zero-order valence-corrected chi connectivity index (χ0v) is 18.2. The number of amides is 1. The van der Waals surface area contributed by atoms with E-state index in [0.717, 1.165) is 16.5 Å². The van der Waals surface area contributed by atoms with Gasteiger partial charge in [-0.3, -0.25) is 9.78 Å². The number of nitrogens with zero attached hydrogens (tertiary/aromatic N) is 1. The van der Waals surface area contributed by atoms with Gasteiger partial charge >= 0.3 is 5.97 Å². The first-order valence-electron chi connectivity index (χ1n) is 10.6. The summed E-state index contributed by atoms with van der Waals surface area (Å²) in [6, 6.07) is 25.6. The normalized spacial score (nSPS) is 11.5. The number of hydrogen-bond acceptors (Lipinski definition) is 5. The molecule has 4 rings (SSSR count). The lowest BCUT2D eigenvalue weighted by Gasteiger charge is -2.17.